The van der Waals surface area contributed by atoms with Crippen LogP contribution in [0.1, 0.15) is 254 Å². The van der Waals surface area contributed by atoms with Crippen molar-refractivity contribution in [1.82, 2.24) is 0 Å². The highest BCUT2D eigenvalue weighted by molar-refractivity contribution is 6.75. The molecule has 6 aliphatic heterocycles. The molecule has 0 bridgehead atoms. The number of ether oxygens (including phenoxy) is 8. The molecule has 114 heavy (non-hydrogen) atoms. The molecule has 16 nitrogen and oxygen atoms in total. The lowest BCUT2D eigenvalue weighted by molar-refractivity contribution is -0.152. The molecule has 0 aromatic heterocycles. The van der Waals surface area contributed by atoms with Gasteiger partial charge in [-0.15, -0.1) is 0 Å². The van der Waals surface area contributed by atoms with Gasteiger partial charge in [-0.1, -0.05) is 248 Å². The van der Waals surface area contributed by atoms with Crippen molar-refractivity contribution in [2.75, 3.05) is 0 Å². The summed E-state index contributed by atoms with van der Waals surface area (Å²) in [7, 11) is -8.25. The summed E-state index contributed by atoms with van der Waals surface area (Å²) in [4.78, 5) is 27.7. The van der Waals surface area contributed by atoms with Crippen LogP contribution in [-0.4, -0.2) is 152 Å². The van der Waals surface area contributed by atoms with Crippen LogP contribution >= 0.6 is 0 Å². The van der Waals surface area contributed by atoms with Crippen molar-refractivity contribution in [3.05, 3.63) is 132 Å². The lowest BCUT2D eigenvalue weighted by Gasteiger charge is -2.40. The number of benzene rings is 2. The van der Waals surface area contributed by atoms with E-state index in [9.17, 15) is 19.8 Å². The molecule has 0 radical (unpaired) electrons. The SMILES string of the molecule is CC[C@H](O[Si](C)(C)C(C)(C)C)[C@@H](C)[C@H]1O[C@@H]1C[C@H](C)/C=C/C=C(\C)[C@H]1OC(=O)C[C@H](O[Si](C)(C)C(C)(C)C)CC[C@@]2(C)OC(c3ccccc3)O[C@H]2/C=C/[C@@H]1C.CC[C@H](O[Si](C)(C)C(C)(C)C)[C@@H](C)[C@H]1O[C@@H]1C[C@H](C)C(O)C(O)/C=C(\C)[C@H]1OC(=O)C[C@H](O[Si](C)(C)C(C)(C)C)CC[C@@]2(C)OC(c3ccccc3)O[C@H]2/C=C/[C@@H]1C. The zero-order valence-corrected chi connectivity index (χ0v) is 80.8. The summed E-state index contributed by atoms with van der Waals surface area (Å²) in [6, 6.07) is 20.1. The van der Waals surface area contributed by atoms with Crippen molar-refractivity contribution in [1.29, 1.82) is 0 Å². The quantitative estimate of drug-likeness (QED) is 0.0282. The molecule has 8 rings (SSSR count). The predicted octanol–water partition coefficient (Wildman–Crippen LogP) is 22.7. The molecule has 0 aliphatic carbocycles. The van der Waals surface area contributed by atoms with E-state index in [1.807, 2.05) is 93.6 Å². The normalized spacial score (nSPS) is 32.3. The van der Waals surface area contributed by atoms with E-state index in [2.05, 4.69) is 228 Å². The van der Waals surface area contributed by atoms with Gasteiger partial charge in [-0.2, -0.15) is 0 Å². The Morgan fingerprint density at radius 2 is 0.904 bits per heavy atom. The van der Waals surface area contributed by atoms with E-state index in [4.69, 9.17) is 55.6 Å². The largest absolute Gasteiger partial charge is 0.457 e. The van der Waals surface area contributed by atoms with Gasteiger partial charge in [0.1, 0.15) is 24.4 Å². The lowest BCUT2D eigenvalue weighted by Crippen LogP contribution is -2.46. The van der Waals surface area contributed by atoms with Crippen LogP contribution in [0.2, 0.25) is 72.5 Å². The van der Waals surface area contributed by atoms with Crippen molar-refractivity contribution in [3.8, 4) is 0 Å². The first-order chi connectivity index (χ1) is 52.6. The molecular formula is C94H158O16Si4. The lowest BCUT2D eigenvalue weighted by atomic mass is 9.88. The van der Waals surface area contributed by atoms with Gasteiger partial charge >= 0.3 is 11.9 Å². The Labute approximate surface area is 695 Å². The smallest absolute Gasteiger partial charge is 0.308 e. The first-order valence-corrected chi connectivity index (χ1v) is 55.1. The molecule has 20 heteroatoms. The summed E-state index contributed by atoms with van der Waals surface area (Å²) < 4.78 is 79.2. The highest BCUT2D eigenvalue weighted by Crippen LogP contribution is 2.49. The minimum atomic E-state index is -2.26. The van der Waals surface area contributed by atoms with Crippen molar-refractivity contribution < 1.29 is 75.4 Å². The third kappa shape index (κ3) is 26.2. The molecule has 24 atom stereocenters. The number of allylic oxidation sites excluding steroid dienone is 3. The van der Waals surface area contributed by atoms with Crippen LogP contribution in [0.3, 0.4) is 0 Å². The Kier molecular flexibility index (Phi) is 33.9. The number of carbonyl (C=O) groups excluding carboxylic acids is 2. The number of rotatable bonds is 27. The molecule has 0 saturated carbocycles. The van der Waals surface area contributed by atoms with Crippen LogP contribution in [0.15, 0.2) is 120 Å². The number of hydrogen-bond acceptors (Lipinski definition) is 16. The highest BCUT2D eigenvalue weighted by atomic mass is 28.4. The van der Waals surface area contributed by atoms with Crippen molar-refractivity contribution in [3.63, 3.8) is 0 Å². The van der Waals surface area contributed by atoms with Gasteiger partial charge in [0.25, 0.3) is 0 Å². The Hall–Kier alpha value is -3.53. The maximum Gasteiger partial charge on any atom is 0.308 e. The second-order valence-corrected chi connectivity index (χ2v) is 60.5. The number of aliphatic hydroxyl groups excluding tert-OH is 2. The van der Waals surface area contributed by atoms with Crippen LogP contribution < -0.4 is 0 Å². The molecule has 0 amide bonds. The van der Waals surface area contributed by atoms with Gasteiger partial charge < -0.3 is 65.8 Å². The molecule has 4 saturated heterocycles. The molecule has 6 heterocycles. The molecule has 4 unspecified atom stereocenters. The first kappa shape index (κ1) is 97.6. The van der Waals surface area contributed by atoms with Gasteiger partial charge in [0.15, 0.2) is 45.8 Å². The van der Waals surface area contributed by atoms with Crippen LogP contribution in [0, 0.1) is 35.5 Å². The first-order valence-electron chi connectivity index (χ1n) is 43.5. The van der Waals surface area contributed by atoms with Gasteiger partial charge in [0.2, 0.25) is 0 Å². The third-order valence-corrected chi connectivity index (χ3v) is 45.7. The maximum atomic E-state index is 13.9. The predicted molar refractivity (Wildman–Crippen MR) is 472 cm³/mol. The Balaban J connectivity index is 0.000000316. The van der Waals surface area contributed by atoms with E-state index < -0.39 is 81.5 Å². The van der Waals surface area contributed by atoms with Crippen molar-refractivity contribution in [2.24, 2.45) is 35.5 Å². The second-order valence-electron chi connectivity index (χ2n) is 41.5. The standard InChI is InChI=1S/C47H80O9Si2.C47H78O7Si2/c1-17-37(56-58(15,16)46(9,10)11)33(5)43-38(51-43)28-31(3)41(50)36(48)27-32(4)42-30(2)23-24-39-47(12,54-44(52-39)34-21-19-18-20-22-34)26-25-35(29-40(49)53-42)55-57(13,14)45(6,7)8;1-17-38(54-56(15,16)46(9,10)11)35(5)43-39(49-43)30-32(2)22-21-23-33(3)42-34(4)26-27-40-47(12,52-44(50-40)36-24-19-18-20-25-36)29-28-37(31-41(48)51-42)53-55(13,14)45(6,7)8/h18-24,27,30-31,33,35-39,41-44,48,50H,17,25-26,28-29H2,1-16H3;18-27,32,34-35,37-40,42-44H,17,28-31H2,1-16H3/b24-23+,32-27+;22-21+,27-26+,33-23+/t30-,31-,33+,35+,36?,37-,38+,39-,41?,42-,43+,44?,47+;32-,34+,35-,37-,38+,39-,40+,42-,43-,44?,47-/m01/s1. The number of esters is 2. The zero-order chi connectivity index (χ0) is 85.5. The average molecular weight is 1660 g/mol. The third-order valence-electron chi connectivity index (χ3n) is 27.6. The number of hydrogen-bond donors (Lipinski definition) is 2. The monoisotopic (exact) mass is 1660 g/mol. The van der Waals surface area contributed by atoms with E-state index in [1.165, 1.54) is 0 Å². The highest BCUT2D eigenvalue weighted by Gasteiger charge is 2.53. The van der Waals surface area contributed by atoms with Crippen molar-refractivity contribution in [2.45, 2.75) is 412 Å². The van der Waals surface area contributed by atoms with E-state index in [-0.39, 0.29) is 130 Å². The van der Waals surface area contributed by atoms with Crippen LogP contribution in [0.5, 0.6) is 0 Å². The zero-order valence-electron chi connectivity index (χ0n) is 76.8. The molecule has 2 aromatic rings. The van der Waals surface area contributed by atoms with Gasteiger partial charge in [0, 0.05) is 47.0 Å². The summed E-state index contributed by atoms with van der Waals surface area (Å²) in [5, 5.41) is 23.1. The van der Waals surface area contributed by atoms with E-state index in [1.54, 1.807) is 6.08 Å². The molecule has 4 fully saturated rings. The van der Waals surface area contributed by atoms with Gasteiger partial charge in [-0.05, 0) is 175 Å². The van der Waals surface area contributed by atoms with Gasteiger partial charge in [0.05, 0.1) is 72.9 Å². The molecule has 2 aromatic carbocycles. The second kappa shape index (κ2) is 39.5. The average Bonchev–Trinajstić information content (AvgIpc) is 1.58. The minimum absolute atomic E-state index is 0.00172. The van der Waals surface area contributed by atoms with Gasteiger partial charge in [-0.3, -0.25) is 9.59 Å². The number of carbonyl (C=O) groups is 2. The van der Waals surface area contributed by atoms with Gasteiger partial charge in [-0.25, -0.2) is 0 Å². The number of aliphatic hydroxyl groups is 2. The Morgan fingerprint density at radius 3 is 1.27 bits per heavy atom. The fourth-order valence-corrected chi connectivity index (χ4v) is 21.1. The van der Waals surface area contributed by atoms with Crippen LogP contribution in [-0.2, 0) is 65.2 Å². The summed E-state index contributed by atoms with van der Waals surface area (Å²) in [5.74, 6) is -0.265. The van der Waals surface area contributed by atoms with Crippen LogP contribution in [0.25, 0.3) is 0 Å². The molecule has 6 aliphatic rings. The van der Waals surface area contributed by atoms with Crippen molar-refractivity contribution >= 4 is 45.2 Å². The maximum absolute atomic E-state index is 13.9. The molecular weight excluding hydrogens is 1500 g/mol. The summed E-state index contributed by atoms with van der Waals surface area (Å²) in [6.45, 7) is 70.5. The number of epoxide rings is 2. The molecule has 646 valence electrons. The topological polar surface area (TPSA) is 192 Å². The Morgan fingerprint density at radius 1 is 0.535 bits per heavy atom. The summed E-state index contributed by atoms with van der Waals surface area (Å²) in [5.41, 5.74) is 2.35. The number of cyclic esters (lactones) is 2. The molecule has 0 spiro atoms. The molecule has 2 N–H and O–H groups in total. The van der Waals surface area contributed by atoms with Crippen LogP contribution in [0.4, 0.5) is 0 Å². The summed E-state index contributed by atoms with van der Waals surface area (Å²) in [6.07, 6.45) is 18.1. The fourth-order valence-electron chi connectivity index (χ4n) is 15.4. The van der Waals surface area contributed by atoms with E-state index in [0.29, 0.717) is 49.5 Å². The fraction of sp³-hybridized carbons (Fsp3) is 0.745. The number of fused-ring (bicyclic) bond motifs is 2. The Bertz CT molecular complexity index is 3530. The minimum Gasteiger partial charge on any atom is -0.457 e. The van der Waals surface area contributed by atoms with E-state index >= 15 is 0 Å². The van der Waals surface area contributed by atoms with E-state index in [0.717, 1.165) is 36.0 Å². The summed E-state index contributed by atoms with van der Waals surface area (Å²) >= 11 is 0.